The number of fused-ring (bicyclic) bond motifs is 1. The van der Waals surface area contributed by atoms with Crippen molar-refractivity contribution >= 4 is 29.6 Å². The Labute approximate surface area is 117 Å². The second kappa shape index (κ2) is 5.44. The molecule has 3 rings (SSSR count). The normalized spacial score (nSPS) is 18.9. The molecule has 1 aliphatic heterocycles. The number of furan rings is 1. The first kappa shape index (κ1) is 13.4. The van der Waals surface area contributed by atoms with E-state index in [0.29, 0.717) is 18.2 Å². The Balaban J connectivity index is 2.02. The van der Waals surface area contributed by atoms with Gasteiger partial charge < -0.3 is 24.1 Å². The fraction of sp³-hybridized carbons (Fsp3) is 0.462. The molecule has 1 saturated heterocycles. The van der Waals surface area contributed by atoms with Gasteiger partial charge in [-0.05, 0) is 25.0 Å². The van der Waals surface area contributed by atoms with Gasteiger partial charge in [-0.15, -0.1) is 0 Å². The van der Waals surface area contributed by atoms with Crippen LogP contribution in [0.4, 0.5) is 5.82 Å². The predicted molar refractivity (Wildman–Crippen MR) is 76.1 cm³/mol. The van der Waals surface area contributed by atoms with Crippen molar-refractivity contribution in [2.45, 2.75) is 18.9 Å². The molecule has 1 atom stereocenters. The fourth-order valence-corrected chi connectivity index (χ4v) is 2.80. The van der Waals surface area contributed by atoms with Gasteiger partial charge in [0.2, 0.25) is 0 Å². The van der Waals surface area contributed by atoms with Crippen molar-refractivity contribution in [1.82, 2.24) is 4.98 Å². The number of rotatable bonds is 4. The van der Waals surface area contributed by atoms with Gasteiger partial charge in [-0.25, -0.2) is 4.98 Å². The predicted octanol–water partition coefficient (Wildman–Crippen LogP) is 0.123. The van der Waals surface area contributed by atoms with Crippen LogP contribution in [-0.4, -0.2) is 48.5 Å². The first-order valence-corrected chi connectivity index (χ1v) is 6.71. The molecular weight excluding hydrogens is 259 g/mol. The third kappa shape index (κ3) is 2.28. The van der Waals surface area contributed by atoms with Crippen LogP contribution in [0, 0.1) is 0 Å². The van der Waals surface area contributed by atoms with Gasteiger partial charge in [0.15, 0.2) is 0 Å². The third-order valence-electron chi connectivity index (χ3n) is 3.71. The molecule has 2 aromatic heterocycles. The SMILES string of the molecule is COCC1CCCN1c1nccc2oc(B(O)O)cc12. The summed E-state index contributed by atoms with van der Waals surface area (Å²) in [5.41, 5.74) is 0.748. The highest BCUT2D eigenvalue weighted by atomic mass is 16.5. The summed E-state index contributed by atoms with van der Waals surface area (Å²) in [7, 11) is 0.0892. The van der Waals surface area contributed by atoms with Crippen molar-refractivity contribution in [2.24, 2.45) is 0 Å². The molecule has 1 unspecified atom stereocenters. The second-order valence-electron chi connectivity index (χ2n) is 5.01. The smallest absolute Gasteiger partial charge is 0.464 e. The van der Waals surface area contributed by atoms with E-state index in [9.17, 15) is 10.0 Å². The molecule has 1 aliphatic rings. The average molecular weight is 276 g/mol. The molecule has 0 aromatic carbocycles. The first-order valence-electron chi connectivity index (χ1n) is 6.71. The summed E-state index contributed by atoms with van der Waals surface area (Å²) in [5, 5.41) is 19.3. The fourth-order valence-electron chi connectivity index (χ4n) is 2.80. The highest BCUT2D eigenvalue weighted by Gasteiger charge is 2.28. The Bertz CT molecular complexity index is 601. The van der Waals surface area contributed by atoms with Crippen molar-refractivity contribution in [3.63, 3.8) is 0 Å². The Hall–Kier alpha value is -1.57. The molecule has 2 aromatic rings. The van der Waals surface area contributed by atoms with Gasteiger partial charge in [0.1, 0.15) is 17.1 Å². The Kier molecular flexibility index (Phi) is 3.65. The van der Waals surface area contributed by atoms with Gasteiger partial charge in [0, 0.05) is 19.9 Å². The third-order valence-corrected chi connectivity index (χ3v) is 3.71. The van der Waals surface area contributed by atoms with Crippen LogP contribution in [0.25, 0.3) is 11.0 Å². The molecule has 106 valence electrons. The molecule has 0 saturated carbocycles. The van der Waals surface area contributed by atoms with Crippen molar-refractivity contribution in [3.8, 4) is 0 Å². The van der Waals surface area contributed by atoms with Crippen molar-refractivity contribution in [1.29, 1.82) is 0 Å². The Morgan fingerprint density at radius 2 is 2.40 bits per heavy atom. The van der Waals surface area contributed by atoms with Crippen LogP contribution in [0.3, 0.4) is 0 Å². The van der Waals surface area contributed by atoms with Crippen LogP contribution in [0.2, 0.25) is 0 Å². The lowest BCUT2D eigenvalue weighted by molar-refractivity contribution is 0.180. The zero-order valence-electron chi connectivity index (χ0n) is 11.3. The maximum absolute atomic E-state index is 9.22. The van der Waals surface area contributed by atoms with E-state index in [4.69, 9.17) is 9.15 Å². The topological polar surface area (TPSA) is 79.0 Å². The maximum atomic E-state index is 9.22. The van der Waals surface area contributed by atoms with Crippen molar-refractivity contribution in [2.75, 3.05) is 25.2 Å². The van der Waals surface area contributed by atoms with E-state index < -0.39 is 7.12 Å². The van der Waals surface area contributed by atoms with Gasteiger partial charge in [-0.3, -0.25) is 0 Å². The largest absolute Gasteiger partial charge is 0.526 e. The molecule has 6 nitrogen and oxygen atoms in total. The number of aromatic nitrogens is 1. The Morgan fingerprint density at radius 3 is 3.15 bits per heavy atom. The van der Waals surface area contributed by atoms with Gasteiger partial charge in [-0.1, -0.05) is 0 Å². The molecule has 0 amide bonds. The number of ether oxygens (including phenoxy) is 1. The van der Waals surface area contributed by atoms with E-state index in [1.165, 1.54) is 0 Å². The lowest BCUT2D eigenvalue weighted by atomic mass is 9.88. The summed E-state index contributed by atoms with van der Waals surface area (Å²) >= 11 is 0. The minimum absolute atomic E-state index is 0.136. The highest BCUT2D eigenvalue weighted by molar-refractivity contribution is 6.57. The van der Waals surface area contributed by atoms with Crippen LogP contribution in [-0.2, 0) is 4.74 Å². The number of hydrogen-bond donors (Lipinski definition) is 2. The summed E-state index contributed by atoms with van der Waals surface area (Å²) < 4.78 is 10.7. The molecule has 0 radical (unpaired) electrons. The second-order valence-corrected chi connectivity index (χ2v) is 5.01. The van der Waals surface area contributed by atoms with Crippen molar-refractivity contribution in [3.05, 3.63) is 18.3 Å². The zero-order chi connectivity index (χ0) is 14.1. The molecule has 0 bridgehead atoms. The summed E-state index contributed by atoms with van der Waals surface area (Å²) in [6.45, 7) is 1.58. The quantitative estimate of drug-likeness (QED) is 0.772. The molecule has 0 aliphatic carbocycles. The summed E-state index contributed by atoms with van der Waals surface area (Å²) in [4.78, 5) is 6.64. The van der Waals surface area contributed by atoms with Crippen LogP contribution in [0.15, 0.2) is 22.7 Å². The van der Waals surface area contributed by atoms with Crippen LogP contribution >= 0.6 is 0 Å². The maximum Gasteiger partial charge on any atom is 0.526 e. The summed E-state index contributed by atoms with van der Waals surface area (Å²) in [6, 6.07) is 3.67. The van der Waals surface area contributed by atoms with E-state index in [1.807, 2.05) is 0 Å². The molecule has 2 N–H and O–H groups in total. The van der Waals surface area contributed by atoms with Gasteiger partial charge in [-0.2, -0.15) is 0 Å². The minimum atomic E-state index is -1.61. The van der Waals surface area contributed by atoms with E-state index in [0.717, 1.165) is 30.6 Å². The number of pyridine rings is 1. The molecular formula is C13H17BN2O4. The highest BCUT2D eigenvalue weighted by Crippen LogP contribution is 2.30. The monoisotopic (exact) mass is 276 g/mol. The van der Waals surface area contributed by atoms with Crippen molar-refractivity contribution < 1.29 is 19.2 Å². The van der Waals surface area contributed by atoms with E-state index in [2.05, 4.69) is 9.88 Å². The molecule has 0 spiro atoms. The molecule has 7 heteroatoms. The molecule has 1 fully saturated rings. The number of nitrogens with zero attached hydrogens (tertiary/aromatic N) is 2. The van der Waals surface area contributed by atoms with Gasteiger partial charge in [0.05, 0.1) is 18.0 Å². The van der Waals surface area contributed by atoms with E-state index >= 15 is 0 Å². The molecule has 3 heterocycles. The van der Waals surface area contributed by atoms with Crippen LogP contribution < -0.4 is 10.6 Å². The van der Waals surface area contributed by atoms with Crippen LogP contribution in [0.5, 0.6) is 0 Å². The average Bonchev–Trinajstić information content (AvgIpc) is 3.04. The van der Waals surface area contributed by atoms with E-state index in [-0.39, 0.29) is 5.66 Å². The summed E-state index contributed by atoms with van der Waals surface area (Å²) in [6.07, 6.45) is 3.84. The standard InChI is InChI=1S/C13H17BN2O4/c1-19-8-9-3-2-6-16(9)13-10-7-12(14(17)18)20-11(10)4-5-15-13/h4-5,7,9,17-18H,2-3,6,8H2,1H3. The van der Waals surface area contributed by atoms with Gasteiger partial charge >= 0.3 is 7.12 Å². The Morgan fingerprint density at radius 1 is 1.55 bits per heavy atom. The summed E-state index contributed by atoms with van der Waals surface area (Å²) in [5.74, 6) is 0.817. The molecule has 20 heavy (non-hydrogen) atoms. The van der Waals surface area contributed by atoms with Gasteiger partial charge in [0.25, 0.3) is 0 Å². The zero-order valence-corrected chi connectivity index (χ0v) is 11.3. The lowest BCUT2D eigenvalue weighted by Crippen LogP contribution is -2.33. The number of hydrogen-bond acceptors (Lipinski definition) is 6. The van der Waals surface area contributed by atoms with E-state index in [1.54, 1.807) is 25.4 Å². The first-order chi connectivity index (χ1) is 9.70. The van der Waals surface area contributed by atoms with Crippen LogP contribution in [0.1, 0.15) is 12.8 Å². The minimum Gasteiger partial charge on any atom is -0.464 e. The lowest BCUT2D eigenvalue weighted by Gasteiger charge is -2.25. The number of methoxy groups -OCH3 is 1. The number of anilines is 1.